The van der Waals surface area contributed by atoms with Gasteiger partial charge in [0.05, 0.1) is 11.4 Å². The molecule has 9 nitrogen and oxygen atoms in total. The summed E-state index contributed by atoms with van der Waals surface area (Å²) in [7, 11) is -3.82. The van der Waals surface area contributed by atoms with Crippen LogP contribution in [-0.4, -0.2) is 56.3 Å². The van der Waals surface area contributed by atoms with E-state index in [0.29, 0.717) is 23.6 Å². The summed E-state index contributed by atoms with van der Waals surface area (Å²) in [6.07, 6.45) is 0.376. The number of hydrogen-bond acceptors (Lipinski definition) is 6. The van der Waals surface area contributed by atoms with Crippen LogP contribution in [0.4, 0.5) is 5.69 Å². The van der Waals surface area contributed by atoms with Crippen molar-refractivity contribution in [2.24, 2.45) is 0 Å². The molecule has 196 valence electrons. The zero-order chi connectivity index (χ0) is 26.5. The van der Waals surface area contributed by atoms with Crippen LogP contribution in [0.25, 0.3) is 0 Å². The van der Waals surface area contributed by atoms with Gasteiger partial charge in [-0.2, -0.15) is 0 Å². The number of amides is 2. The van der Waals surface area contributed by atoms with Gasteiger partial charge in [0.2, 0.25) is 28.6 Å². The monoisotopic (exact) mass is 517 g/mol. The first-order valence-corrected chi connectivity index (χ1v) is 13.7. The SMILES string of the molecule is CCC(C(=O)NC(C)C)N(Cc1ccccc1C)C(=O)CN(c1ccc2c(c1)OCO2)S(=O)(=O)CC. The highest BCUT2D eigenvalue weighted by molar-refractivity contribution is 7.92. The number of rotatable bonds is 11. The van der Waals surface area contributed by atoms with Crippen molar-refractivity contribution in [3.8, 4) is 11.5 Å². The number of carbonyl (C=O) groups is 2. The van der Waals surface area contributed by atoms with E-state index in [1.54, 1.807) is 18.2 Å². The van der Waals surface area contributed by atoms with E-state index in [9.17, 15) is 18.0 Å². The summed E-state index contributed by atoms with van der Waals surface area (Å²) < 4.78 is 38.0. The first kappa shape index (κ1) is 27.3. The topological polar surface area (TPSA) is 105 Å². The van der Waals surface area contributed by atoms with Crippen molar-refractivity contribution in [2.75, 3.05) is 23.4 Å². The van der Waals surface area contributed by atoms with E-state index in [1.165, 1.54) is 11.8 Å². The first-order valence-electron chi connectivity index (χ1n) is 12.1. The second-order valence-corrected chi connectivity index (χ2v) is 11.2. The van der Waals surface area contributed by atoms with Gasteiger partial charge in [0.1, 0.15) is 12.6 Å². The molecule has 0 radical (unpaired) electrons. The quantitative estimate of drug-likeness (QED) is 0.491. The summed E-state index contributed by atoms with van der Waals surface area (Å²) >= 11 is 0. The zero-order valence-electron chi connectivity index (χ0n) is 21.5. The zero-order valence-corrected chi connectivity index (χ0v) is 22.3. The van der Waals surface area contributed by atoms with Crippen LogP contribution in [-0.2, 0) is 26.2 Å². The Bertz CT molecular complexity index is 1200. The molecule has 0 aromatic heterocycles. The third kappa shape index (κ3) is 6.29. The molecule has 1 N–H and O–H groups in total. The van der Waals surface area contributed by atoms with E-state index in [0.717, 1.165) is 15.4 Å². The van der Waals surface area contributed by atoms with E-state index >= 15 is 0 Å². The van der Waals surface area contributed by atoms with Gasteiger partial charge in [-0.1, -0.05) is 31.2 Å². The molecule has 1 aliphatic rings. The molecule has 0 saturated heterocycles. The molecule has 36 heavy (non-hydrogen) atoms. The van der Waals surface area contributed by atoms with Gasteiger partial charge in [-0.15, -0.1) is 0 Å². The van der Waals surface area contributed by atoms with Gasteiger partial charge in [-0.05, 0) is 57.4 Å². The Morgan fingerprint density at radius 2 is 1.75 bits per heavy atom. The summed E-state index contributed by atoms with van der Waals surface area (Å²) in [4.78, 5) is 28.4. The van der Waals surface area contributed by atoms with Gasteiger partial charge in [-0.25, -0.2) is 8.42 Å². The van der Waals surface area contributed by atoms with Crippen molar-refractivity contribution in [1.82, 2.24) is 10.2 Å². The lowest BCUT2D eigenvalue weighted by atomic mass is 10.1. The molecular formula is C26H35N3O6S. The van der Waals surface area contributed by atoms with E-state index in [4.69, 9.17) is 9.47 Å². The number of nitrogens with one attached hydrogen (secondary N) is 1. The number of hydrogen-bond donors (Lipinski definition) is 1. The Hall–Kier alpha value is -3.27. The highest BCUT2D eigenvalue weighted by Gasteiger charge is 2.33. The molecule has 0 saturated carbocycles. The van der Waals surface area contributed by atoms with Crippen LogP contribution < -0.4 is 19.1 Å². The van der Waals surface area contributed by atoms with Gasteiger partial charge >= 0.3 is 0 Å². The number of anilines is 1. The number of sulfonamides is 1. The summed E-state index contributed by atoms with van der Waals surface area (Å²) in [5, 5.41) is 2.89. The Morgan fingerprint density at radius 3 is 2.39 bits per heavy atom. The maximum absolute atomic E-state index is 13.8. The lowest BCUT2D eigenvalue weighted by Gasteiger charge is -2.33. The lowest BCUT2D eigenvalue weighted by molar-refractivity contribution is -0.140. The normalized spacial score (nSPS) is 13.4. The maximum Gasteiger partial charge on any atom is 0.244 e. The Morgan fingerprint density at radius 1 is 1.06 bits per heavy atom. The molecule has 0 spiro atoms. The average Bonchev–Trinajstić information content (AvgIpc) is 3.30. The molecule has 0 fully saturated rings. The fourth-order valence-electron chi connectivity index (χ4n) is 4.03. The predicted octanol–water partition coefficient (Wildman–Crippen LogP) is 3.21. The van der Waals surface area contributed by atoms with Crippen LogP contribution >= 0.6 is 0 Å². The van der Waals surface area contributed by atoms with Crippen LogP contribution in [0.2, 0.25) is 0 Å². The number of carbonyl (C=O) groups excluding carboxylic acids is 2. The number of fused-ring (bicyclic) bond motifs is 1. The molecule has 3 rings (SSSR count). The Balaban J connectivity index is 1.99. The molecule has 10 heteroatoms. The van der Waals surface area contributed by atoms with Gasteiger partial charge in [0, 0.05) is 18.7 Å². The maximum atomic E-state index is 13.8. The molecule has 0 aliphatic carbocycles. The minimum Gasteiger partial charge on any atom is -0.454 e. The Labute approximate surface area is 213 Å². The molecule has 1 heterocycles. The van der Waals surface area contributed by atoms with Gasteiger partial charge in [0.15, 0.2) is 11.5 Å². The summed E-state index contributed by atoms with van der Waals surface area (Å²) in [5.74, 6) is -0.0224. The second-order valence-electron chi connectivity index (χ2n) is 8.98. The van der Waals surface area contributed by atoms with Crippen molar-refractivity contribution >= 4 is 27.5 Å². The van der Waals surface area contributed by atoms with E-state index in [-0.39, 0.29) is 31.0 Å². The van der Waals surface area contributed by atoms with Crippen molar-refractivity contribution in [1.29, 1.82) is 0 Å². The number of aryl methyl sites for hydroxylation is 1. The number of ether oxygens (including phenoxy) is 2. The highest BCUT2D eigenvalue weighted by atomic mass is 32.2. The third-order valence-corrected chi connectivity index (χ3v) is 7.78. The van der Waals surface area contributed by atoms with Gasteiger partial charge in [0.25, 0.3) is 0 Å². The van der Waals surface area contributed by atoms with Crippen LogP contribution in [0.3, 0.4) is 0 Å². The molecule has 2 amide bonds. The first-order chi connectivity index (χ1) is 17.1. The van der Waals surface area contributed by atoms with Crippen LogP contribution in [0.15, 0.2) is 42.5 Å². The standard InChI is InChI=1S/C26H35N3O6S/c1-6-22(26(31)27-18(3)4)28(15-20-11-9-8-10-19(20)5)25(30)16-29(36(32,33)7-2)21-12-13-23-24(14-21)35-17-34-23/h8-14,18,22H,6-7,15-17H2,1-5H3,(H,27,31). The number of nitrogens with zero attached hydrogens (tertiary/aromatic N) is 2. The second kappa shape index (κ2) is 11.6. The molecule has 2 aromatic rings. The summed E-state index contributed by atoms with van der Waals surface area (Å²) in [6.45, 7) is 8.78. The molecule has 1 unspecified atom stereocenters. The highest BCUT2D eigenvalue weighted by Crippen LogP contribution is 2.36. The minimum absolute atomic E-state index is 0.0472. The van der Waals surface area contributed by atoms with Crippen molar-refractivity contribution in [2.45, 2.75) is 59.7 Å². The Kier molecular flexibility index (Phi) is 8.84. The van der Waals surface area contributed by atoms with Crippen molar-refractivity contribution in [3.05, 3.63) is 53.6 Å². The van der Waals surface area contributed by atoms with Crippen LogP contribution in [0, 0.1) is 6.92 Å². The summed E-state index contributed by atoms with van der Waals surface area (Å²) in [6, 6.07) is 11.5. The van der Waals surface area contributed by atoms with E-state index in [1.807, 2.05) is 52.0 Å². The lowest BCUT2D eigenvalue weighted by Crippen LogP contribution is -2.53. The van der Waals surface area contributed by atoms with Crippen molar-refractivity contribution < 1.29 is 27.5 Å². The van der Waals surface area contributed by atoms with E-state index in [2.05, 4.69) is 5.32 Å². The minimum atomic E-state index is -3.82. The number of benzene rings is 2. The molecule has 1 atom stereocenters. The average molecular weight is 518 g/mol. The smallest absolute Gasteiger partial charge is 0.244 e. The van der Waals surface area contributed by atoms with Gasteiger partial charge < -0.3 is 19.7 Å². The summed E-state index contributed by atoms with van der Waals surface area (Å²) in [5.41, 5.74) is 2.16. The molecule has 2 aromatic carbocycles. The molecule has 0 bridgehead atoms. The van der Waals surface area contributed by atoms with Gasteiger partial charge in [-0.3, -0.25) is 13.9 Å². The molecule has 1 aliphatic heterocycles. The van der Waals surface area contributed by atoms with E-state index < -0.39 is 28.5 Å². The molecular weight excluding hydrogens is 482 g/mol. The third-order valence-electron chi connectivity index (χ3n) is 6.04. The fraction of sp³-hybridized carbons (Fsp3) is 0.462. The fourth-order valence-corrected chi connectivity index (χ4v) is 5.08. The van der Waals surface area contributed by atoms with Crippen molar-refractivity contribution in [3.63, 3.8) is 0 Å². The predicted molar refractivity (Wildman–Crippen MR) is 138 cm³/mol. The largest absolute Gasteiger partial charge is 0.454 e. The van der Waals surface area contributed by atoms with Crippen LogP contribution in [0.1, 0.15) is 45.2 Å². The van der Waals surface area contributed by atoms with Crippen LogP contribution in [0.5, 0.6) is 11.5 Å².